The van der Waals surface area contributed by atoms with Crippen LogP contribution in [0.2, 0.25) is 0 Å². The summed E-state index contributed by atoms with van der Waals surface area (Å²) >= 11 is 0. The van der Waals surface area contributed by atoms with Crippen LogP contribution >= 0.6 is 0 Å². The number of nitrogens with zero attached hydrogens (tertiary/aromatic N) is 3. The number of nitrogens with one attached hydrogen (secondary N) is 1. The van der Waals surface area contributed by atoms with Crippen molar-refractivity contribution in [3.63, 3.8) is 0 Å². The first-order chi connectivity index (χ1) is 15.8. The van der Waals surface area contributed by atoms with E-state index in [-0.39, 0.29) is 42.8 Å². The number of carbonyl (C=O) groups is 2. The molecular formula is C23H21F3N4O3. The fraction of sp³-hybridized carbons (Fsp3) is 0.261. The molecule has 1 N–H and O–H groups in total. The molecular weight excluding hydrogens is 437 g/mol. The molecule has 2 heterocycles. The van der Waals surface area contributed by atoms with Crippen LogP contribution in [-0.4, -0.2) is 47.4 Å². The highest BCUT2D eigenvalue weighted by Gasteiger charge is 2.36. The molecule has 0 saturated heterocycles. The van der Waals surface area contributed by atoms with Gasteiger partial charge in [0.2, 0.25) is 0 Å². The highest BCUT2D eigenvalue weighted by atomic mass is 19.4. The summed E-state index contributed by atoms with van der Waals surface area (Å²) in [6.45, 7) is 0.355. The van der Waals surface area contributed by atoms with E-state index in [0.717, 1.165) is 11.6 Å². The minimum Gasteiger partial charge on any atom is -0.431 e. The maximum atomic E-state index is 13.3. The number of urea groups is 1. The molecule has 0 unspecified atom stereocenters. The van der Waals surface area contributed by atoms with E-state index in [4.69, 9.17) is 4.74 Å². The van der Waals surface area contributed by atoms with Gasteiger partial charge in [-0.3, -0.25) is 9.69 Å². The van der Waals surface area contributed by atoms with Crippen LogP contribution in [-0.2, 0) is 28.7 Å². The molecule has 2 aromatic rings. The molecule has 172 valence electrons. The third-order valence-corrected chi connectivity index (χ3v) is 5.31. The predicted octanol–water partition coefficient (Wildman–Crippen LogP) is 3.53. The number of aliphatic imine (C=N–C) groups is 1. The van der Waals surface area contributed by atoms with E-state index in [1.165, 1.54) is 34.3 Å². The normalized spacial score (nSPS) is 15.9. The average molecular weight is 458 g/mol. The van der Waals surface area contributed by atoms with Gasteiger partial charge in [0.1, 0.15) is 12.0 Å². The topological polar surface area (TPSA) is 74.2 Å². The summed E-state index contributed by atoms with van der Waals surface area (Å²) in [5.74, 6) is -0.389. The molecule has 33 heavy (non-hydrogen) atoms. The maximum absolute atomic E-state index is 13.3. The number of carbonyl (C=O) groups excluding carboxylic acids is 2. The Kier molecular flexibility index (Phi) is 6.34. The number of amidine groups is 1. The van der Waals surface area contributed by atoms with E-state index in [0.29, 0.717) is 13.0 Å². The molecule has 0 aromatic heterocycles. The summed E-state index contributed by atoms with van der Waals surface area (Å²) in [6, 6.07) is 14.0. The Morgan fingerprint density at radius 1 is 1.06 bits per heavy atom. The second-order valence-corrected chi connectivity index (χ2v) is 7.52. The molecule has 0 bridgehead atoms. The zero-order chi connectivity index (χ0) is 23.4. The van der Waals surface area contributed by atoms with Crippen LogP contribution in [0.3, 0.4) is 0 Å². The third-order valence-electron chi connectivity index (χ3n) is 5.31. The number of hydrogen-bond donors (Lipinski definition) is 1. The SMILES string of the molecule is O=C(NCCc1ccccc1)C1=COC2=NC(=O)N(Cc3ccccc3C(F)(F)F)CCN12. The summed E-state index contributed by atoms with van der Waals surface area (Å²) in [6.07, 6.45) is -2.67. The van der Waals surface area contributed by atoms with Crippen LogP contribution in [0.5, 0.6) is 0 Å². The van der Waals surface area contributed by atoms with Gasteiger partial charge in [-0.05, 0) is 23.6 Å². The van der Waals surface area contributed by atoms with Crippen molar-refractivity contribution in [1.82, 2.24) is 15.1 Å². The van der Waals surface area contributed by atoms with Crippen molar-refractivity contribution in [2.45, 2.75) is 19.1 Å². The van der Waals surface area contributed by atoms with E-state index < -0.39 is 17.8 Å². The van der Waals surface area contributed by atoms with Gasteiger partial charge in [0.25, 0.3) is 5.91 Å². The van der Waals surface area contributed by atoms with Crippen molar-refractivity contribution in [2.24, 2.45) is 4.99 Å². The summed E-state index contributed by atoms with van der Waals surface area (Å²) in [7, 11) is 0. The average Bonchev–Trinajstić information content (AvgIpc) is 3.12. The van der Waals surface area contributed by atoms with Gasteiger partial charge in [-0.15, -0.1) is 4.99 Å². The van der Waals surface area contributed by atoms with Gasteiger partial charge in [0.15, 0.2) is 0 Å². The number of rotatable bonds is 6. The minimum atomic E-state index is -4.53. The largest absolute Gasteiger partial charge is 0.431 e. The first-order valence-corrected chi connectivity index (χ1v) is 10.3. The number of alkyl halides is 3. The molecule has 3 amide bonds. The van der Waals surface area contributed by atoms with Crippen LogP contribution in [0.15, 0.2) is 71.5 Å². The molecule has 0 atom stereocenters. The lowest BCUT2D eigenvalue weighted by molar-refractivity contribution is -0.138. The molecule has 0 saturated carbocycles. The number of benzene rings is 2. The fourth-order valence-corrected chi connectivity index (χ4v) is 3.63. The second kappa shape index (κ2) is 9.35. The first-order valence-electron chi connectivity index (χ1n) is 10.3. The number of amides is 3. The summed E-state index contributed by atoms with van der Waals surface area (Å²) in [5.41, 5.74) is 0.430. The van der Waals surface area contributed by atoms with E-state index in [9.17, 15) is 22.8 Å². The Bertz CT molecular complexity index is 1100. The molecule has 0 spiro atoms. The zero-order valence-electron chi connectivity index (χ0n) is 17.5. The minimum absolute atomic E-state index is 0.0315. The van der Waals surface area contributed by atoms with Crippen molar-refractivity contribution < 1.29 is 27.5 Å². The van der Waals surface area contributed by atoms with E-state index in [2.05, 4.69) is 10.3 Å². The lowest BCUT2D eigenvalue weighted by atomic mass is 10.1. The molecule has 7 nitrogen and oxygen atoms in total. The number of halogens is 3. The first kappa shape index (κ1) is 22.4. The smallest absolute Gasteiger partial charge is 0.416 e. The molecule has 0 fully saturated rings. The molecule has 10 heteroatoms. The molecule has 0 aliphatic carbocycles. The quantitative estimate of drug-likeness (QED) is 0.719. The van der Waals surface area contributed by atoms with Gasteiger partial charge in [-0.2, -0.15) is 13.2 Å². The monoisotopic (exact) mass is 458 g/mol. The maximum Gasteiger partial charge on any atom is 0.416 e. The van der Waals surface area contributed by atoms with Crippen LogP contribution in [0.1, 0.15) is 16.7 Å². The number of fused-ring (bicyclic) bond motifs is 1. The Labute approximate surface area is 188 Å². The van der Waals surface area contributed by atoms with Gasteiger partial charge < -0.3 is 15.0 Å². The summed E-state index contributed by atoms with van der Waals surface area (Å²) in [4.78, 5) is 31.7. The van der Waals surface area contributed by atoms with Crippen LogP contribution in [0.4, 0.5) is 18.0 Å². The third kappa shape index (κ3) is 5.16. The standard InChI is InChI=1S/C23H21F3N4O3/c24-23(25,26)18-9-5-4-8-17(18)14-29-12-13-30-19(15-33-22(30)28-21(29)32)20(31)27-11-10-16-6-2-1-3-7-16/h1-9,15H,10-14H2,(H,27,31). The highest BCUT2D eigenvalue weighted by Crippen LogP contribution is 2.32. The number of hydrogen-bond acceptors (Lipinski definition) is 4. The molecule has 2 aliphatic rings. The van der Waals surface area contributed by atoms with E-state index >= 15 is 0 Å². The van der Waals surface area contributed by atoms with Crippen LogP contribution in [0, 0.1) is 0 Å². The van der Waals surface area contributed by atoms with Crippen LogP contribution in [0.25, 0.3) is 0 Å². The Balaban J connectivity index is 1.39. The van der Waals surface area contributed by atoms with E-state index in [1.54, 1.807) is 0 Å². The van der Waals surface area contributed by atoms with Gasteiger partial charge >= 0.3 is 18.2 Å². The summed E-state index contributed by atoms with van der Waals surface area (Å²) in [5, 5.41) is 2.81. The van der Waals surface area contributed by atoms with E-state index in [1.807, 2.05) is 30.3 Å². The number of ether oxygens (including phenoxy) is 1. The predicted molar refractivity (Wildman–Crippen MR) is 114 cm³/mol. The summed E-state index contributed by atoms with van der Waals surface area (Å²) < 4.78 is 45.2. The van der Waals surface area contributed by atoms with Gasteiger partial charge in [-0.25, -0.2) is 4.79 Å². The van der Waals surface area contributed by atoms with Gasteiger partial charge in [0, 0.05) is 26.2 Å². The van der Waals surface area contributed by atoms with Crippen molar-refractivity contribution in [3.05, 3.63) is 83.2 Å². The lowest BCUT2D eigenvalue weighted by Crippen LogP contribution is -2.38. The van der Waals surface area contributed by atoms with Crippen molar-refractivity contribution in [2.75, 3.05) is 19.6 Å². The molecule has 0 radical (unpaired) electrons. The Morgan fingerprint density at radius 3 is 2.55 bits per heavy atom. The van der Waals surface area contributed by atoms with Gasteiger partial charge in [-0.1, -0.05) is 48.5 Å². The van der Waals surface area contributed by atoms with Gasteiger partial charge in [0.05, 0.1) is 5.56 Å². The highest BCUT2D eigenvalue weighted by molar-refractivity contribution is 6.01. The Morgan fingerprint density at radius 2 is 1.79 bits per heavy atom. The van der Waals surface area contributed by atoms with Crippen LogP contribution < -0.4 is 5.32 Å². The van der Waals surface area contributed by atoms with Crippen molar-refractivity contribution in [1.29, 1.82) is 0 Å². The zero-order valence-corrected chi connectivity index (χ0v) is 17.5. The van der Waals surface area contributed by atoms with Crippen molar-refractivity contribution >= 4 is 18.0 Å². The Hall–Kier alpha value is -3.82. The fourth-order valence-electron chi connectivity index (χ4n) is 3.63. The lowest BCUT2D eigenvalue weighted by Gasteiger charge is -2.22. The molecule has 4 rings (SSSR count). The van der Waals surface area contributed by atoms with Crippen molar-refractivity contribution in [3.8, 4) is 0 Å². The second-order valence-electron chi connectivity index (χ2n) is 7.52. The molecule has 2 aromatic carbocycles. The molecule has 2 aliphatic heterocycles.